The molecule has 0 aliphatic heterocycles. The Morgan fingerprint density at radius 2 is 1.93 bits per heavy atom. The van der Waals surface area contributed by atoms with Gasteiger partial charge >= 0.3 is 0 Å². The van der Waals surface area contributed by atoms with Gasteiger partial charge in [0.2, 0.25) is 5.43 Å². The highest BCUT2D eigenvalue weighted by Gasteiger charge is 2.23. The molecule has 150 valence electrons. The number of aromatic hydroxyl groups is 1. The summed E-state index contributed by atoms with van der Waals surface area (Å²) >= 11 is 1.50. The van der Waals surface area contributed by atoms with E-state index in [-0.39, 0.29) is 11.2 Å². The third-order valence-corrected chi connectivity index (χ3v) is 6.14. The van der Waals surface area contributed by atoms with E-state index in [0.717, 1.165) is 15.8 Å². The van der Waals surface area contributed by atoms with Crippen LogP contribution in [0, 0.1) is 0 Å². The van der Waals surface area contributed by atoms with Crippen LogP contribution in [0.3, 0.4) is 0 Å². The minimum Gasteiger partial charge on any atom is -0.507 e. The van der Waals surface area contributed by atoms with Crippen molar-refractivity contribution in [2.24, 2.45) is 0 Å². The first kappa shape index (κ1) is 19.6. The molecule has 0 aliphatic rings. The first-order chi connectivity index (χ1) is 13.9. The van der Waals surface area contributed by atoms with Gasteiger partial charge in [0.15, 0.2) is 0 Å². The van der Waals surface area contributed by atoms with Gasteiger partial charge in [0.05, 0.1) is 26.7 Å². The molecule has 0 spiro atoms. The Hall–Kier alpha value is -2.70. The number of aryl methyl sites for hydroxylation is 2. The third kappa shape index (κ3) is 3.32. The predicted octanol–water partition coefficient (Wildman–Crippen LogP) is 4.96. The van der Waals surface area contributed by atoms with Crippen LogP contribution >= 0.6 is 11.3 Å². The van der Waals surface area contributed by atoms with Crippen LogP contribution in [0.2, 0.25) is 0 Å². The molecule has 4 aromatic rings. The SMILES string of the molecule is CCc1cc2c(=O)c(-c3nc4ccccc4s3)c(CC)oc2c(CN(C)C)c1O. The van der Waals surface area contributed by atoms with Crippen molar-refractivity contribution < 1.29 is 9.52 Å². The van der Waals surface area contributed by atoms with Crippen LogP contribution in [0.5, 0.6) is 5.75 Å². The lowest BCUT2D eigenvalue weighted by Gasteiger charge is -2.17. The first-order valence-electron chi connectivity index (χ1n) is 9.78. The molecule has 6 heteroatoms. The van der Waals surface area contributed by atoms with Gasteiger partial charge < -0.3 is 14.4 Å². The first-order valence-corrected chi connectivity index (χ1v) is 10.6. The van der Waals surface area contributed by atoms with E-state index >= 15 is 0 Å². The average Bonchev–Trinajstić information content (AvgIpc) is 3.13. The lowest BCUT2D eigenvalue weighted by molar-refractivity contribution is 0.381. The molecule has 0 radical (unpaired) electrons. The van der Waals surface area contributed by atoms with E-state index in [1.54, 1.807) is 6.07 Å². The second-order valence-corrected chi connectivity index (χ2v) is 8.43. The maximum Gasteiger partial charge on any atom is 0.203 e. The van der Waals surface area contributed by atoms with E-state index in [1.807, 2.05) is 57.1 Å². The van der Waals surface area contributed by atoms with E-state index in [9.17, 15) is 9.90 Å². The molecule has 2 aromatic heterocycles. The van der Waals surface area contributed by atoms with E-state index in [0.29, 0.717) is 52.3 Å². The molecule has 0 amide bonds. The summed E-state index contributed by atoms with van der Waals surface area (Å²) < 4.78 is 7.30. The van der Waals surface area contributed by atoms with Crippen molar-refractivity contribution in [3.63, 3.8) is 0 Å². The number of phenolic OH excluding ortho intramolecular Hbond substituents is 1. The number of phenols is 1. The fraction of sp³-hybridized carbons (Fsp3) is 0.304. The second kappa shape index (κ2) is 7.61. The summed E-state index contributed by atoms with van der Waals surface area (Å²) in [6.07, 6.45) is 1.20. The lowest BCUT2D eigenvalue weighted by atomic mass is 10.00. The number of nitrogens with zero attached hydrogens (tertiary/aromatic N) is 2. The molecule has 2 aromatic carbocycles. The van der Waals surface area contributed by atoms with E-state index in [4.69, 9.17) is 9.40 Å². The molecule has 0 saturated heterocycles. The van der Waals surface area contributed by atoms with Gasteiger partial charge in [-0.15, -0.1) is 11.3 Å². The predicted molar refractivity (Wildman–Crippen MR) is 119 cm³/mol. The van der Waals surface area contributed by atoms with Gasteiger partial charge in [0.25, 0.3) is 0 Å². The number of fused-ring (bicyclic) bond motifs is 2. The van der Waals surface area contributed by atoms with E-state index in [2.05, 4.69) is 0 Å². The number of benzene rings is 2. The summed E-state index contributed by atoms with van der Waals surface area (Å²) in [7, 11) is 3.86. The van der Waals surface area contributed by atoms with E-state index < -0.39 is 0 Å². The highest BCUT2D eigenvalue weighted by Crippen LogP contribution is 2.36. The van der Waals surface area contributed by atoms with Crippen LogP contribution in [0.1, 0.15) is 30.7 Å². The summed E-state index contributed by atoms with van der Waals surface area (Å²) in [4.78, 5) is 20.3. The molecule has 0 saturated carbocycles. The quantitative estimate of drug-likeness (QED) is 0.505. The molecule has 1 N–H and O–H groups in total. The normalized spacial score (nSPS) is 11.8. The summed E-state index contributed by atoms with van der Waals surface area (Å²) in [6.45, 7) is 4.42. The topological polar surface area (TPSA) is 66.6 Å². The van der Waals surface area contributed by atoms with Gasteiger partial charge in [-0.3, -0.25) is 4.79 Å². The molecule has 0 bridgehead atoms. The Morgan fingerprint density at radius 3 is 2.59 bits per heavy atom. The molecule has 0 unspecified atom stereocenters. The van der Waals surface area contributed by atoms with Crippen molar-refractivity contribution in [2.45, 2.75) is 33.2 Å². The van der Waals surface area contributed by atoms with Crippen LogP contribution in [-0.2, 0) is 19.4 Å². The number of hydrogen-bond acceptors (Lipinski definition) is 6. The standard InChI is InChI=1S/C23H24N2O3S/c1-5-13-11-14-21(27)19(23-24-16-9-7-8-10-18(16)29-23)17(6-2)28-22(14)15(20(13)26)12-25(3)4/h7-11,26H,5-6,12H2,1-4H3. The summed E-state index contributed by atoms with van der Waals surface area (Å²) in [5.74, 6) is 0.817. The van der Waals surface area contributed by atoms with Crippen LogP contribution in [0.25, 0.3) is 31.8 Å². The van der Waals surface area contributed by atoms with Crippen LogP contribution in [0.4, 0.5) is 0 Å². The molecular formula is C23H24N2O3S. The zero-order chi connectivity index (χ0) is 20.7. The Balaban J connectivity index is 2.07. The Kier molecular flexibility index (Phi) is 5.15. The van der Waals surface area contributed by atoms with Crippen molar-refractivity contribution in [2.75, 3.05) is 14.1 Å². The summed E-state index contributed by atoms with van der Waals surface area (Å²) in [5, 5.41) is 12.0. The van der Waals surface area contributed by atoms with Gasteiger partial charge in [-0.25, -0.2) is 4.98 Å². The van der Waals surface area contributed by atoms with Crippen LogP contribution in [0.15, 0.2) is 39.5 Å². The Labute approximate surface area is 173 Å². The highest BCUT2D eigenvalue weighted by molar-refractivity contribution is 7.21. The molecule has 5 nitrogen and oxygen atoms in total. The van der Waals surface area contributed by atoms with Gasteiger partial charge in [0, 0.05) is 13.0 Å². The van der Waals surface area contributed by atoms with Crippen molar-refractivity contribution in [3.8, 4) is 16.3 Å². The van der Waals surface area contributed by atoms with Gasteiger partial charge in [-0.05, 0) is 44.3 Å². The fourth-order valence-corrected chi connectivity index (χ4v) is 4.70. The highest BCUT2D eigenvalue weighted by atomic mass is 32.1. The van der Waals surface area contributed by atoms with Crippen LogP contribution in [-0.4, -0.2) is 29.1 Å². The minimum atomic E-state index is -0.0862. The molecule has 0 aliphatic carbocycles. The molecule has 29 heavy (non-hydrogen) atoms. The molecule has 0 atom stereocenters. The van der Waals surface area contributed by atoms with Gasteiger partial charge in [0.1, 0.15) is 22.1 Å². The smallest absolute Gasteiger partial charge is 0.203 e. The number of rotatable bonds is 5. The largest absolute Gasteiger partial charge is 0.507 e. The number of para-hydroxylation sites is 1. The van der Waals surface area contributed by atoms with Gasteiger partial charge in [-0.1, -0.05) is 26.0 Å². The van der Waals surface area contributed by atoms with Crippen molar-refractivity contribution in [1.82, 2.24) is 9.88 Å². The van der Waals surface area contributed by atoms with E-state index in [1.165, 1.54) is 11.3 Å². The maximum atomic E-state index is 13.6. The third-order valence-electron chi connectivity index (χ3n) is 5.09. The summed E-state index contributed by atoms with van der Waals surface area (Å²) in [5.41, 5.74) is 3.21. The second-order valence-electron chi connectivity index (χ2n) is 7.40. The fourth-order valence-electron chi connectivity index (χ4n) is 3.67. The molecule has 4 rings (SSSR count). The average molecular weight is 409 g/mol. The number of aromatic nitrogens is 1. The van der Waals surface area contributed by atoms with Crippen molar-refractivity contribution >= 4 is 32.5 Å². The number of hydrogen-bond donors (Lipinski definition) is 1. The Bertz CT molecular complexity index is 1240. The maximum absolute atomic E-state index is 13.6. The zero-order valence-electron chi connectivity index (χ0n) is 17.1. The summed E-state index contributed by atoms with van der Waals surface area (Å²) in [6, 6.07) is 9.64. The molecular weight excluding hydrogens is 384 g/mol. The zero-order valence-corrected chi connectivity index (χ0v) is 17.9. The molecule has 0 fully saturated rings. The minimum absolute atomic E-state index is 0.0862. The van der Waals surface area contributed by atoms with Gasteiger partial charge in [-0.2, -0.15) is 0 Å². The lowest BCUT2D eigenvalue weighted by Crippen LogP contribution is -2.15. The molecule has 2 heterocycles. The van der Waals surface area contributed by atoms with Crippen molar-refractivity contribution in [3.05, 3.63) is 57.4 Å². The Morgan fingerprint density at radius 1 is 1.17 bits per heavy atom. The monoisotopic (exact) mass is 408 g/mol. The van der Waals surface area contributed by atoms with Crippen molar-refractivity contribution in [1.29, 1.82) is 0 Å². The van der Waals surface area contributed by atoms with Crippen LogP contribution < -0.4 is 5.43 Å². The number of thiazole rings is 1.